The van der Waals surface area contributed by atoms with E-state index in [1.807, 2.05) is 0 Å². The van der Waals surface area contributed by atoms with E-state index >= 15 is 0 Å². The Labute approximate surface area is 257 Å². The fraction of sp³-hybridized carbons (Fsp3) is 0.440. The summed E-state index contributed by atoms with van der Waals surface area (Å²) in [7, 11) is -5.30. The van der Waals surface area contributed by atoms with Crippen LogP contribution in [0.15, 0.2) is 0 Å². The van der Waals surface area contributed by atoms with Gasteiger partial charge >= 0.3 is 71.1 Å². The minimum absolute atomic E-state index is 0. The van der Waals surface area contributed by atoms with E-state index in [-0.39, 0.29) is 65.5 Å². The maximum Gasteiger partial charge on any atom is 1.00 e. The van der Waals surface area contributed by atoms with Crippen LogP contribution in [0.5, 0.6) is 0 Å². The molecule has 0 unspecified atom stereocenters. The molecule has 0 rings (SSSR count). The van der Waals surface area contributed by atoms with Gasteiger partial charge in [-0.1, -0.05) is 38.5 Å². The van der Waals surface area contributed by atoms with Crippen molar-refractivity contribution in [3.05, 3.63) is 0 Å². The van der Waals surface area contributed by atoms with E-state index in [9.17, 15) is 23.9 Å². The van der Waals surface area contributed by atoms with Crippen LogP contribution >= 0.6 is 7.82 Å². The first-order chi connectivity index (χ1) is 16.3. The second-order valence-electron chi connectivity index (χ2n) is 6.24. The van der Waals surface area contributed by atoms with Gasteiger partial charge in [0.1, 0.15) is 6.61 Å². The number of carbonyl (C=O) groups excluding carboxylic acids is 2. The van der Waals surface area contributed by atoms with E-state index in [1.54, 1.807) is 6.92 Å². The van der Waals surface area contributed by atoms with Crippen molar-refractivity contribution in [3.63, 3.8) is 0 Å². The number of hydrogen-bond acceptors (Lipinski definition) is 8. The first kappa shape index (κ1) is 38.9. The minimum atomic E-state index is -5.30. The molecule has 0 heterocycles. The van der Waals surface area contributed by atoms with Gasteiger partial charge in [-0.15, -0.1) is 0 Å². The van der Waals surface area contributed by atoms with Crippen LogP contribution in [0.25, 0.3) is 0 Å². The summed E-state index contributed by atoms with van der Waals surface area (Å²) in [5.41, 5.74) is 0. The molecule has 0 radical (unpaired) electrons. The van der Waals surface area contributed by atoms with E-state index < -0.39 is 39.1 Å². The van der Waals surface area contributed by atoms with Gasteiger partial charge in [-0.05, 0) is 72.5 Å². The standard InChI is InChI=1S/C25H25O8P.2Na/c1-3-5-7-9-10-11-12-13-14-16-17-19-24(26)31-21-23(22-32-34(28,29)30)33-25(27)20-18-15-8-6-4-2;;/h23H,4,6,8,15,18,20-22H2,1-2H3,(H2,28,29,30);;/q;2*+1/p-2/t23-;;/m0../s1. The number of phosphoric acid groups is 1. The summed E-state index contributed by atoms with van der Waals surface area (Å²) in [6.45, 7) is 2.38. The van der Waals surface area contributed by atoms with Crippen molar-refractivity contribution >= 4 is 19.8 Å². The Balaban J connectivity index is -0.00000544. The zero-order chi connectivity index (χ0) is 25.5. The van der Waals surface area contributed by atoms with Crippen molar-refractivity contribution in [3.8, 4) is 71.0 Å². The molecule has 0 saturated heterocycles. The van der Waals surface area contributed by atoms with Crippen LogP contribution in [0.4, 0.5) is 0 Å². The molecule has 0 amide bonds. The van der Waals surface area contributed by atoms with Gasteiger partial charge in [0.25, 0.3) is 0 Å². The van der Waals surface area contributed by atoms with Crippen LogP contribution in [0.3, 0.4) is 0 Å². The molecule has 0 fully saturated rings. The van der Waals surface area contributed by atoms with Gasteiger partial charge in [-0.25, -0.2) is 4.79 Å². The smallest absolute Gasteiger partial charge is 0.790 e. The largest absolute Gasteiger partial charge is 1.00 e. The van der Waals surface area contributed by atoms with Gasteiger partial charge in [0, 0.05) is 12.3 Å². The molecule has 0 aromatic carbocycles. The summed E-state index contributed by atoms with van der Waals surface area (Å²) in [6.07, 6.45) is 3.33. The van der Waals surface area contributed by atoms with Gasteiger partial charge in [0.2, 0.25) is 0 Å². The van der Waals surface area contributed by atoms with Crippen LogP contribution in [0, 0.1) is 71.0 Å². The summed E-state index contributed by atoms with van der Waals surface area (Å²) >= 11 is 0. The molecule has 0 N–H and O–H groups in total. The average molecular weight is 528 g/mol. The van der Waals surface area contributed by atoms with Crippen LogP contribution in [0.1, 0.15) is 52.4 Å². The molecule has 8 nitrogen and oxygen atoms in total. The quantitative estimate of drug-likeness (QED) is 0.0615. The molecule has 0 aliphatic rings. The predicted molar refractivity (Wildman–Crippen MR) is 120 cm³/mol. The molecular weight excluding hydrogens is 505 g/mol. The van der Waals surface area contributed by atoms with Gasteiger partial charge in [-0.3, -0.25) is 4.79 Å². The van der Waals surface area contributed by atoms with Gasteiger partial charge < -0.3 is 28.3 Å². The number of phosphoric ester groups is 1. The molecule has 0 aliphatic heterocycles. The van der Waals surface area contributed by atoms with E-state index in [2.05, 4.69) is 82.5 Å². The Bertz CT molecular complexity index is 1110. The molecule has 36 heavy (non-hydrogen) atoms. The van der Waals surface area contributed by atoms with Crippen LogP contribution < -0.4 is 68.9 Å². The minimum Gasteiger partial charge on any atom is -0.790 e. The summed E-state index contributed by atoms with van der Waals surface area (Å²) in [6, 6.07) is 0. The summed E-state index contributed by atoms with van der Waals surface area (Å²) in [5, 5.41) is 0. The van der Waals surface area contributed by atoms with Crippen molar-refractivity contribution in [1.82, 2.24) is 0 Å². The molecular formula is C25H23Na2O8P. The normalized spacial score (nSPS) is 9.11. The summed E-state index contributed by atoms with van der Waals surface area (Å²) < 4.78 is 24.7. The third kappa shape index (κ3) is 28.6. The van der Waals surface area contributed by atoms with Gasteiger partial charge in [0.05, 0.1) is 14.4 Å². The van der Waals surface area contributed by atoms with Crippen LogP contribution in [-0.2, 0) is 28.2 Å². The van der Waals surface area contributed by atoms with Crippen LogP contribution in [0.2, 0.25) is 0 Å². The summed E-state index contributed by atoms with van der Waals surface area (Å²) in [5.74, 6) is 26.9. The van der Waals surface area contributed by atoms with Crippen molar-refractivity contribution in [2.45, 2.75) is 58.5 Å². The maximum absolute atomic E-state index is 11.9. The zero-order valence-electron chi connectivity index (χ0n) is 20.9. The number of unbranched alkanes of at least 4 members (excludes halogenated alkanes) is 4. The van der Waals surface area contributed by atoms with Crippen molar-refractivity contribution < 1.29 is 97.1 Å². The summed E-state index contributed by atoms with van der Waals surface area (Å²) in [4.78, 5) is 45.0. The molecule has 0 aliphatic carbocycles. The monoisotopic (exact) mass is 528 g/mol. The molecule has 1 atom stereocenters. The SMILES string of the molecule is CC#CC#CC#CC#CC#CC#CC(=O)OC[C@@H](COP(=O)([O-])[O-])OC(=O)CCCCCCC.[Na+].[Na+]. The fourth-order valence-electron chi connectivity index (χ4n) is 2.01. The number of hydrogen-bond donors (Lipinski definition) is 0. The van der Waals surface area contributed by atoms with Crippen molar-refractivity contribution in [2.24, 2.45) is 0 Å². The molecule has 11 heteroatoms. The second-order valence-corrected chi connectivity index (χ2v) is 7.40. The molecule has 0 spiro atoms. The molecule has 0 aromatic heterocycles. The molecule has 0 aromatic rings. The van der Waals surface area contributed by atoms with Crippen molar-refractivity contribution in [2.75, 3.05) is 13.2 Å². The predicted octanol–water partition coefficient (Wildman–Crippen LogP) is -5.30. The maximum atomic E-state index is 11.9. The molecule has 0 saturated carbocycles. The average Bonchev–Trinajstić information content (AvgIpc) is 2.78. The van der Waals surface area contributed by atoms with Gasteiger partial charge in [0.15, 0.2) is 6.10 Å². The Kier molecular flexibility index (Phi) is 28.6. The third-order valence-electron chi connectivity index (χ3n) is 3.45. The number of rotatable bonds is 12. The zero-order valence-corrected chi connectivity index (χ0v) is 25.8. The van der Waals surface area contributed by atoms with E-state index in [1.165, 1.54) is 0 Å². The Morgan fingerprint density at radius 2 is 1.33 bits per heavy atom. The van der Waals surface area contributed by atoms with E-state index in [4.69, 9.17) is 9.47 Å². The fourth-order valence-corrected chi connectivity index (χ4v) is 2.36. The number of ether oxygens (including phenoxy) is 2. The van der Waals surface area contributed by atoms with E-state index in [0.29, 0.717) is 6.42 Å². The van der Waals surface area contributed by atoms with Gasteiger partial charge in [-0.2, -0.15) is 0 Å². The topological polar surface area (TPSA) is 125 Å². The Hall–Kier alpha value is -1.59. The first-order valence-corrected chi connectivity index (χ1v) is 11.7. The second kappa shape index (κ2) is 26.5. The van der Waals surface area contributed by atoms with Crippen molar-refractivity contribution in [1.29, 1.82) is 0 Å². The molecule has 178 valence electrons. The third-order valence-corrected chi connectivity index (χ3v) is 3.92. The van der Waals surface area contributed by atoms with Crippen LogP contribution in [-0.4, -0.2) is 31.3 Å². The molecule has 0 bridgehead atoms. The Morgan fingerprint density at radius 3 is 1.86 bits per heavy atom. The number of esters is 2. The number of carbonyl (C=O) groups is 2. The van der Waals surface area contributed by atoms with E-state index in [0.717, 1.165) is 25.7 Å². The first-order valence-electron chi connectivity index (χ1n) is 10.2. The Morgan fingerprint density at radius 1 is 0.806 bits per heavy atom.